The molecular formula is C23H32N5O6+. The average Bonchev–Trinajstić information content (AvgIpc) is 3.32. The van der Waals surface area contributed by atoms with Crippen LogP contribution in [0.2, 0.25) is 0 Å². The third kappa shape index (κ3) is 5.96. The predicted molar refractivity (Wildman–Crippen MR) is 122 cm³/mol. The van der Waals surface area contributed by atoms with Gasteiger partial charge in [-0.05, 0) is 50.3 Å². The number of nitrogens with zero attached hydrogens (tertiary/aromatic N) is 4. The van der Waals surface area contributed by atoms with E-state index in [0.717, 1.165) is 18.7 Å². The summed E-state index contributed by atoms with van der Waals surface area (Å²) in [5.74, 6) is 0.817. The molecule has 2 aliphatic heterocycles. The first-order valence-electron chi connectivity index (χ1n) is 11.4. The molecule has 4 rings (SSSR count). The maximum atomic E-state index is 12.1. The first-order valence-corrected chi connectivity index (χ1v) is 11.4. The molecule has 1 fully saturated rings. The van der Waals surface area contributed by atoms with Crippen LogP contribution in [0, 0.1) is 4.91 Å². The molecule has 11 heteroatoms. The van der Waals surface area contributed by atoms with Crippen molar-refractivity contribution in [2.45, 2.75) is 52.0 Å². The monoisotopic (exact) mass is 474 g/mol. The Labute approximate surface area is 198 Å². The number of piperazine rings is 1. The van der Waals surface area contributed by atoms with E-state index in [-0.39, 0.29) is 18.5 Å². The first-order chi connectivity index (χ1) is 16.1. The second-order valence-electron chi connectivity index (χ2n) is 9.75. The summed E-state index contributed by atoms with van der Waals surface area (Å²) in [5, 5.41) is 3.21. The van der Waals surface area contributed by atoms with Gasteiger partial charge in [0.05, 0.1) is 6.54 Å². The van der Waals surface area contributed by atoms with Gasteiger partial charge in [-0.2, -0.15) is 0 Å². The lowest BCUT2D eigenvalue weighted by atomic mass is 10.1. The van der Waals surface area contributed by atoms with Crippen molar-refractivity contribution >= 4 is 11.9 Å². The van der Waals surface area contributed by atoms with Gasteiger partial charge in [0.25, 0.3) is 0 Å². The summed E-state index contributed by atoms with van der Waals surface area (Å²) in [4.78, 5) is 35.9. The van der Waals surface area contributed by atoms with Crippen LogP contribution in [0.4, 0.5) is 10.6 Å². The number of ether oxygens (including phenoxy) is 3. The van der Waals surface area contributed by atoms with E-state index in [1.54, 1.807) is 36.4 Å². The summed E-state index contributed by atoms with van der Waals surface area (Å²) in [7, 11) is 0. The Morgan fingerprint density at radius 2 is 1.94 bits per heavy atom. The van der Waals surface area contributed by atoms with E-state index < -0.39 is 11.2 Å². The van der Waals surface area contributed by atoms with E-state index in [1.165, 1.54) is 0 Å². The predicted octanol–water partition coefficient (Wildman–Crippen LogP) is 2.80. The lowest BCUT2D eigenvalue weighted by Gasteiger charge is -2.26. The van der Waals surface area contributed by atoms with E-state index in [4.69, 9.17) is 19.0 Å². The minimum Gasteiger partial charge on any atom is -0.489 e. The lowest BCUT2D eigenvalue weighted by Crippen LogP contribution is -2.46. The van der Waals surface area contributed by atoms with E-state index in [9.17, 15) is 9.70 Å². The van der Waals surface area contributed by atoms with Crippen LogP contribution in [0.1, 0.15) is 33.3 Å². The molecule has 0 aliphatic carbocycles. The van der Waals surface area contributed by atoms with Crippen LogP contribution in [0.3, 0.4) is 0 Å². The minimum absolute atomic E-state index is 0.140. The number of rotatable bonds is 7. The van der Waals surface area contributed by atoms with Crippen LogP contribution < -0.4 is 14.8 Å². The fourth-order valence-electron chi connectivity index (χ4n) is 3.65. The molecule has 3 heterocycles. The van der Waals surface area contributed by atoms with Crippen molar-refractivity contribution < 1.29 is 28.8 Å². The third-order valence-corrected chi connectivity index (χ3v) is 5.32. The highest BCUT2D eigenvalue weighted by Crippen LogP contribution is 2.32. The highest BCUT2D eigenvalue weighted by Gasteiger charge is 2.42. The average molecular weight is 475 g/mol. The minimum atomic E-state index is -0.628. The molecule has 11 nitrogen and oxygen atoms in total. The van der Waals surface area contributed by atoms with Crippen molar-refractivity contribution in [2.24, 2.45) is 0 Å². The van der Waals surface area contributed by atoms with Crippen molar-refractivity contribution in [3.05, 3.63) is 40.9 Å². The Morgan fingerprint density at radius 1 is 1.24 bits per heavy atom. The van der Waals surface area contributed by atoms with Crippen LogP contribution in [-0.4, -0.2) is 69.5 Å². The Hall–Kier alpha value is -3.34. The normalized spacial score (nSPS) is 19.8. The van der Waals surface area contributed by atoms with Gasteiger partial charge in [0.15, 0.2) is 16.1 Å². The van der Waals surface area contributed by atoms with E-state index >= 15 is 0 Å². The second kappa shape index (κ2) is 9.49. The van der Waals surface area contributed by atoms with Gasteiger partial charge in [-0.25, -0.2) is 4.79 Å². The lowest BCUT2D eigenvalue weighted by molar-refractivity contribution is -0.768. The molecule has 1 aromatic heterocycles. The van der Waals surface area contributed by atoms with Gasteiger partial charge in [0.1, 0.15) is 25.2 Å². The molecule has 184 valence electrons. The maximum absolute atomic E-state index is 12.1. The zero-order chi connectivity index (χ0) is 24.3. The summed E-state index contributed by atoms with van der Waals surface area (Å²) in [6, 6.07) is 7.76. The van der Waals surface area contributed by atoms with Crippen molar-refractivity contribution in [1.29, 1.82) is 0 Å². The topological polar surface area (TPSA) is 107 Å². The number of imidazole rings is 1. The zero-order valence-electron chi connectivity index (χ0n) is 20.1. The molecule has 1 atom stereocenters. The van der Waals surface area contributed by atoms with Crippen LogP contribution >= 0.6 is 0 Å². The summed E-state index contributed by atoms with van der Waals surface area (Å²) in [6.45, 7) is 11.2. The van der Waals surface area contributed by atoms with Gasteiger partial charge in [-0.1, -0.05) is 12.1 Å². The van der Waals surface area contributed by atoms with Gasteiger partial charge >= 0.3 is 17.9 Å². The summed E-state index contributed by atoms with van der Waals surface area (Å²) in [6.07, 6.45) is 1.31. The van der Waals surface area contributed by atoms with E-state index in [0.29, 0.717) is 42.9 Å². The van der Waals surface area contributed by atoms with Crippen LogP contribution in [0.5, 0.6) is 11.8 Å². The number of carbonyl (C=O) groups excluding carboxylic acids is 1. The standard InChI is InChI=1S/C23H32N5O6/c1-22(2,3)34-28(30)19-13-27-15-23(4,33-20(27)25-19)16-32-18-7-5-17(6-8-18)14-31-21(29)26-11-9-24-10-12-26/h5-8,13,24H,9-12,14-16H2,1-4H3/q+1. The first kappa shape index (κ1) is 23.8. The quantitative estimate of drug-likeness (QED) is 0.611. The zero-order valence-corrected chi connectivity index (χ0v) is 20.1. The molecule has 2 aliphatic rings. The molecule has 0 bridgehead atoms. The molecule has 2 aromatic rings. The molecule has 1 N–H and O–H groups in total. The number of amides is 1. The molecule has 1 saturated heterocycles. The number of hydrogen-bond acceptors (Lipinski definition) is 8. The van der Waals surface area contributed by atoms with Gasteiger partial charge in [-0.3, -0.25) is 9.40 Å². The van der Waals surface area contributed by atoms with Gasteiger partial charge in [-0.15, -0.1) is 0 Å². The summed E-state index contributed by atoms with van der Waals surface area (Å²) in [5.41, 5.74) is -0.371. The van der Waals surface area contributed by atoms with Crippen molar-refractivity contribution in [1.82, 2.24) is 19.8 Å². The van der Waals surface area contributed by atoms with Crippen LogP contribution in [0.25, 0.3) is 0 Å². The third-order valence-electron chi connectivity index (χ3n) is 5.32. The fourth-order valence-corrected chi connectivity index (χ4v) is 3.65. The largest absolute Gasteiger partial charge is 0.489 e. The van der Waals surface area contributed by atoms with Gasteiger partial charge in [0.2, 0.25) is 0 Å². The highest BCUT2D eigenvalue weighted by atomic mass is 16.8. The summed E-state index contributed by atoms with van der Waals surface area (Å²) >= 11 is 0. The molecule has 0 radical (unpaired) electrons. The number of aromatic nitrogens is 2. The number of benzene rings is 1. The second-order valence-corrected chi connectivity index (χ2v) is 9.75. The number of nitrogens with one attached hydrogen (secondary N) is 1. The van der Waals surface area contributed by atoms with Gasteiger partial charge < -0.3 is 24.4 Å². The van der Waals surface area contributed by atoms with Crippen LogP contribution in [0.15, 0.2) is 30.5 Å². The Kier molecular flexibility index (Phi) is 6.65. The number of fused-ring (bicyclic) bond motifs is 1. The molecule has 1 amide bonds. The summed E-state index contributed by atoms with van der Waals surface area (Å²) < 4.78 is 19.1. The Balaban J connectivity index is 1.24. The Morgan fingerprint density at radius 3 is 2.59 bits per heavy atom. The van der Waals surface area contributed by atoms with Gasteiger partial charge in [0, 0.05) is 31.2 Å². The van der Waals surface area contributed by atoms with Crippen molar-refractivity contribution in [3.8, 4) is 11.8 Å². The molecule has 0 spiro atoms. The SMILES string of the molecule is CC(C)(C)O[N+](=O)c1cn2c(n1)OC(C)(COc1ccc(COC(=O)N3CCNCC3)cc1)C2. The molecular weight excluding hydrogens is 442 g/mol. The molecule has 1 unspecified atom stereocenters. The van der Waals surface area contributed by atoms with Crippen molar-refractivity contribution in [2.75, 3.05) is 32.8 Å². The smallest absolute Gasteiger partial charge is 0.430 e. The Bertz CT molecular complexity index is 1000. The fraction of sp³-hybridized carbons (Fsp3) is 0.565. The number of carbonyl (C=O) groups is 1. The highest BCUT2D eigenvalue weighted by molar-refractivity contribution is 5.67. The van der Waals surface area contributed by atoms with E-state index in [1.807, 2.05) is 31.2 Å². The van der Waals surface area contributed by atoms with E-state index in [2.05, 4.69) is 10.3 Å². The number of hydrogen-bond donors (Lipinski definition) is 1. The molecule has 34 heavy (non-hydrogen) atoms. The molecule has 1 aromatic carbocycles. The van der Waals surface area contributed by atoms with Crippen molar-refractivity contribution in [3.63, 3.8) is 0 Å². The maximum Gasteiger partial charge on any atom is 0.430 e. The van der Waals surface area contributed by atoms with Crippen LogP contribution in [-0.2, 0) is 22.7 Å². The molecule has 0 saturated carbocycles.